The summed E-state index contributed by atoms with van der Waals surface area (Å²) in [6, 6.07) is 1.82. The van der Waals surface area contributed by atoms with E-state index in [4.69, 9.17) is 10.9 Å². The third kappa shape index (κ3) is 2.94. The molecule has 98 valence electrons. The van der Waals surface area contributed by atoms with Crippen LogP contribution in [0.5, 0.6) is 0 Å². The minimum absolute atomic E-state index is 0.0361. The lowest BCUT2D eigenvalue weighted by atomic mass is 10.0. The van der Waals surface area contributed by atoms with E-state index < -0.39 is 0 Å². The van der Waals surface area contributed by atoms with Gasteiger partial charge < -0.3 is 16.3 Å². The third-order valence-corrected chi connectivity index (χ3v) is 4.95. The molecule has 0 spiro atoms. The molecule has 1 aliphatic rings. The summed E-state index contributed by atoms with van der Waals surface area (Å²) in [5, 5.41) is 16.6. The molecule has 1 aliphatic carbocycles. The monoisotopic (exact) mass is 379 g/mol. The normalized spacial score (nSPS) is 24.2. The first-order valence-corrected chi connectivity index (χ1v) is 7.60. The fourth-order valence-electron chi connectivity index (χ4n) is 2.24. The topological polar surface area (TPSA) is 87.7 Å². The van der Waals surface area contributed by atoms with Crippen molar-refractivity contribution in [1.82, 2.24) is 5.32 Å². The molecule has 1 saturated carbocycles. The molecule has 1 heterocycles. The lowest BCUT2D eigenvalue weighted by Gasteiger charge is -2.19. The summed E-state index contributed by atoms with van der Waals surface area (Å²) >= 11 is 3.73. The van der Waals surface area contributed by atoms with Crippen molar-refractivity contribution in [3.05, 3.63) is 19.9 Å². The molecule has 1 amide bonds. The highest BCUT2D eigenvalue weighted by Gasteiger charge is 2.32. The number of carbonyl (C=O) groups excluding carboxylic acids is 1. The zero-order valence-electron chi connectivity index (χ0n) is 9.60. The number of hydrogen-bond acceptors (Lipinski definition) is 4. The van der Waals surface area contributed by atoms with Crippen LogP contribution in [0.4, 0.5) is 0 Å². The largest absolute Gasteiger partial charge is 0.409 e. The zero-order chi connectivity index (χ0) is 13.1. The number of carbonyl (C=O) groups is 1. The van der Waals surface area contributed by atoms with Crippen LogP contribution in [0, 0.1) is 8.80 Å². The number of hydrogen-bond donors (Lipinski definition) is 3. The Balaban J connectivity index is 2.03. The molecule has 1 fully saturated rings. The molecule has 7 heteroatoms. The number of nitrogens with one attached hydrogen (secondary N) is 1. The molecule has 0 saturated heterocycles. The molecule has 0 radical (unpaired) electrons. The van der Waals surface area contributed by atoms with Crippen molar-refractivity contribution >= 4 is 45.7 Å². The summed E-state index contributed by atoms with van der Waals surface area (Å²) in [4.78, 5) is 12.0. The van der Waals surface area contributed by atoms with E-state index in [0.29, 0.717) is 5.56 Å². The van der Waals surface area contributed by atoms with Gasteiger partial charge in [0.15, 0.2) is 0 Å². The van der Waals surface area contributed by atoms with Crippen molar-refractivity contribution in [3.63, 3.8) is 0 Å². The second-order valence-electron chi connectivity index (χ2n) is 4.28. The second-order valence-corrected chi connectivity index (χ2v) is 7.09. The molecule has 2 unspecified atom stereocenters. The van der Waals surface area contributed by atoms with E-state index in [1.165, 1.54) is 11.3 Å². The maximum Gasteiger partial charge on any atom is 0.252 e. The highest BCUT2D eigenvalue weighted by molar-refractivity contribution is 14.1. The smallest absolute Gasteiger partial charge is 0.252 e. The Morgan fingerprint density at radius 2 is 2.39 bits per heavy atom. The van der Waals surface area contributed by atoms with Gasteiger partial charge in [-0.3, -0.25) is 4.79 Å². The molecule has 18 heavy (non-hydrogen) atoms. The Morgan fingerprint density at radius 1 is 1.61 bits per heavy atom. The molecule has 2 rings (SSSR count). The van der Waals surface area contributed by atoms with Crippen LogP contribution in [0.1, 0.15) is 29.6 Å². The van der Waals surface area contributed by atoms with Crippen LogP contribution in [0.15, 0.2) is 16.6 Å². The van der Waals surface area contributed by atoms with Crippen LogP contribution in [0.3, 0.4) is 0 Å². The van der Waals surface area contributed by atoms with Gasteiger partial charge >= 0.3 is 0 Å². The number of halogens is 1. The van der Waals surface area contributed by atoms with E-state index in [9.17, 15) is 4.79 Å². The zero-order valence-corrected chi connectivity index (χ0v) is 12.6. The minimum atomic E-state index is -0.0863. The summed E-state index contributed by atoms with van der Waals surface area (Å²) in [6.45, 7) is 0. The summed E-state index contributed by atoms with van der Waals surface area (Å²) in [6.07, 6.45) is 2.70. The van der Waals surface area contributed by atoms with Crippen LogP contribution in [-0.2, 0) is 0 Å². The van der Waals surface area contributed by atoms with Gasteiger partial charge in [-0.1, -0.05) is 11.6 Å². The van der Waals surface area contributed by atoms with Crippen molar-refractivity contribution in [2.75, 3.05) is 0 Å². The molecule has 2 atom stereocenters. The van der Waals surface area contributed by atoms with Crippen molar-refractivity contribution in [1.29, 1.82) is 0 Å². The summed E-state index contributed by atoms with van der Waals surface area (Å²) < 4.78 is 1.08. The van der Waals surface area contributed by atoms with Crippen LogP contribution in [0.2, 0.25) is 0 Å². The molecular formula is C11H14IN3O2S. The van der Waals surface area contributed by atoms with Crippen molar-refractivity contribution in [3.8, 4) is 0 Å². The number of rotatable bonds is 3. The number of oxime groups is 1. The van der Waals surface area contributed by atoms with Gasteiger partial charge in [0.2, 0.25) is 0 Å². The average molecular weight is 379 g/mol. The average Bonchev–Trinajstić information content (AvgIpc) is 2.97. The molecule has 1 aromatic rings. The van der Waals surface area contributed by atoms with Crippen molar-refractivity contribution in [2.24, 2.45) is 16.8 Å². The number of nitrogens with two attached hydrogens (primary N) is 1. The van der Waals surface area contributed by atoms with E-state index >= 15 is 0 Å². The maximum absolute atomic E-state index is 12.0. The SMILES string of the molecule is NC(=NO)C1CCCC1NC(=O)c1csc(I)c1. The molecule has 0 bridgehead atoms. The van der Waals surface area contributed by atoms with Gasteiger partial charge in [0.25, 0.3) is 5.91 Å². The maximum atomic E-state index is 12.0. The van der Waals surface area contributed by atoms with E-state index in [1.54, 1.807) is 0 Å². The number of nitrogens with zero attached hydrogens (tertiary/aromatic N) is 1. The first-order valence-electron chi connectivity index (χ1n) is 5.64. The van der Waals surface area contributed by atoms with Gasteiger partial charge in [-0.25, -0.2) is 0 Å². The second kappa shape index (κ2) is 5.87. The van der Waals surface area contributed by atoms with Gasteiger partial charge in [0.1, 0.15) is 5.84 Å². The van der Waals surface area contributed by atoms with Gasteiger partial charge in [0, 0.05) is 17.3 Å². The lowest BCUT2D eigenvalue weighted by molar-refractivity contribution is 0.0933. The van der Waals surface area contributed by atoms with E-state index in [2.05, 4.69) is 33.1 Å². The standard InChI is InChI=1S/C11H14IN3O2S/c12-9-4-6(5-18-9)11(16)14-8-3-1-2-7(8)10(13)15-17/h4-5,7-8,17H,1-3H2,(H2,13,15)(H,14,16). The van der Waals surface area contributed by atoms with Gasteiger partial charge in [-0.2, -0.15) is 0 Å². The quantitative estimate of drug-likeness (QED) is 0.247. The fourth-order valence-corrected chi connectivity index (χ4v) is 3.57. The predicted molar refractivity (Wildman–Crippen MR) is 79.0 cm³/mol. The number of amides is 1. The summed E-state index contributed by atoms with van der Waals surface area (Å²) in [7, 11) is 0. The van der Waals surface area contributed by atoms with E-state index in [0.717, 1.165) is 22.1 Å². The van der Waals surface area contributed by atoms with Gasteiger partial charge in [-0.15, -0.1) is 11.3 Å². The van der Waals surface area contributed by atoms with Gasteiger partial charge in [0.05, 0.1) is 8.45 Å². The lowest BCUT2D eigenvalue weighted by Crippen LogP contribution is -2.42. The van der Waals surface area contributed by atoms with E-state index in [-0.39, 0.29) is 23.7 Å². The highest BCUT2D eigenvalue weighted by atomic mass is 127. The Labute approximate surface area is 123 Å². The summed E-state index contributed by atoms with van der Waals surface area (Å²) in [5.41, 5.74) is 6.31. The van der Waals surface area contributed by atoms with E-state index in [1.807, 2.05) is 11.4 Å². The van der Waals surface area contributed by atoms with Crippen LogP contribution >= 0.6 is 33.9 Å². The molecule has 4 N–H and O–H groups in total. The molecule has 0 aromatic carbocycles. The van der Waals surface area contributed by atoms with Crippen LogP contribution in [0.25, 0.3) is 0 Å². The highest BCUT2D eigenvalue weighted by Crippen LogP contribution is 2.26. The number of amidine groups is 1. The minimum Gasteiger partial charge on any atom is -0.409 e. The fraction of sp³-hybridized carbons (Fsp3) is 0.455. The first kappa shape index (κ1) is 13.6. The summed E-state index contributed by atoms with van der Waals surface area (Å²) in [5.74, 6) is 0.0613. The molecule has 5 nitrogen and oxygen atoms in total. The van der Waals surface area contributed by atoms with Crippen LogP contribution in [-0.4, -0.2) is 23.0 Å². The molecular weight excluding hydrogens is 365 g/mol. The van der Waals surface area contributed by atoms with Crippen molar-refractivity contribution < 1.29 is 10.0 Å². The third-order valence-electron chi connectivity index (χ3n) is 3.16. The van der Waals surface area contributed by atoms with Gasteiger partial charge in [-0.05, 0) is 41.5 Å². The Kier molecular flexibility index (Phi) is 4.44. The predicted octanol–water partition coefficient (Wildman–Crippen LogP) is 2.00. The first-order chi connectivity index (χ1) is 8.61. The Bertz CT molecular complexity index is 475. The number of thiophene rings is 1. The Hall–Kier alpha value is -0.830. The molecule has 0 aliphatic heterocycles. The van der Waals surface area contributed by atoms with Crippen LogP contribution < -0.4 is 11.1 Å². The Morgan fingerprint density at radius 3 is 3.00 bits per heavy atom. The molecule has 1 aromatic heterocycles. The van der Waals surface area contributed by atoms with Crippen molar-refractivity contribution in [2.45, 2.75) is 25.3 Å².